The van der Waals surface area contributed by atoms with Gasteiger partial charge in [-0.2, -0.15) is 0 Å². The molecule has 1 heterocycles. The number of aryl methyl sites for hydroxylation is 1. The van der Waals surface area contributed by atoms with Crippen molar-refractivity contribution < 1.29 is 9.47 Å². The van der Waals surface area contributed by atoms with Gasteiger partial charge in [-0.25, -0.2) is 0 Å². The van der Waals surface area contributed by atoms with Crippen LogP contribution >= 0.6 is 0 Å². The molecule has 0 saturated carbocycles. The first kappa shape index (κ1) is 14.9. The minimum atomic E-state index is 0.734. The number of ether oxygens (including phenoxy) is 2. The van der Waals surface area contributed by atoms with Gasteiger partial charge in [-0.15, -0.1) is 0 Å². The van der Waals surface area contributed by atoms with E-state index in [4.69, 9.17) is 9.47 Å². The molecule has 0 amide bonds. The summed E-state index contributed by atoms with van der Waals surface area (Å²) in [6.07, 6.45) is 3.19. The van der Waals surface area contributed by atoms with Crippen LogP contribution in [-0.2, 0) is 13.0 Å². The summed E-state index contributed by atoms with van der Waals surface area (Å²) in [5, 5.41) is 3.51. The highest BCUT2D eigenvalue weighted by atomic mass is 16.5. The van der Waals surface area contributed by atoms with Crippen LogP contribution in [0.4, 0.5) is 0 Å². The number of hydrogen-bond donors (Lipinski definition) is 1. The van der Waals surface area contributed by atoms with E-state index in [2.05, 4.69) is 41.7 Å². The summed E-state index contributed by atoms with van der Waals surface area (Å²) in [5.74, 6) is 1.79. The van der Waals surface area contributed by atoms with Crippen molar-refractivity contribution in [3.8, 4) is 11.5 Å². The molecule has 22 heavy (non-hydrogen) atoms. The number of para-hydroxylation sites is 1. The zero-order chi connectivity index (χ0) is 15.0. The summed E-state index contributed by atoms with van der Waals surface area (Å²) in [5.41, 5.74) is 2.58. The monoisotopic (exact) mass is 297 g/mol. The summed E-state index contributed by atoms with van der Waals surface area (Å²) < 4.78 is 11.6. The predicted molar refractivity (Wildman–Crippen MR) is 88.5 cm³/mol. The maximum Gasteiger partial charge on any atom is 0.165 e. The Labute approximate surface area is 132 Å². The molecule has 0 bridgehead atoms. The van der Waals surface area contributed by atoms with E-state index in [0.29, 0.717) is 0 Å². The molecule has 0 atom stereocenters. The van der Waals surface area contributed by atoms with Crippen LogP contribution < -0.4 is 14.8 Å². The highest BCUT2D eigenvalue weighted by Gasteiger charge is 2.13. The Morgan fingerprint density at radius 2 is 1.77 bits per heavy atom. The van der Waals surface area contributed by atoms with Gasteiger partial charge in [-0.05, 0) is 31.0 Å². The van der Waals surface area contributed by atoms with Crippen LogP contribution in [0.3, 0.4) is 0 Å². The first-order valence-corrected chi connectivity index (χ1v) is 8.05. The molecule has 1 aliphatic heterocycles. The summed E-state index contributed by atoms with van der Waals surface area (Å²) in [6, 6.07) is 16.7. The minimum absolute atomic E-state index is 0.734. The van der Waals surface area contributed by atoms with Gasteiger partial charge in [-0.3, -0.25) is 0 Å². The molecule has 2 aromatic rings. The van der Waals surface area contributed by atoms with Gasteiger partial charge >= 0.3 is 0 Å². The number of hydrogen-bond acceptors (Lipinski definition) is 3. The first-order chi connectivity index (χ1) is 10.9. The minimum Gasteiger partial charge on any atom is -0.490 e. The van der Waals surface area contributed by atoms with E-state index in [1.807, 2.05) is 12.1 Å². The van der Waals surface area contributed by atoms with E-state index in [-0.39, 0.29) is 0 Å². The van der Waals surface area contributed by atoms with Crippen LogP contribution in [-0.4, -0.2) is 19.8 Å². The van der Waals surface area contributed by atoms with Crippen LogP contribution in [0.25, 0.3) is 0 Å². The molecule has 0 aliphatic carbocycles. The summed E-state index contributed by atoms with van der Waals surface area (Å²) in [7, 11) is 0. The third-order valence-electron chi connectivity index (χ3n) is 3.83. The van der Waals surface area contributed by atoms with Gasteiger partial charge in [0.2, 0.25) is 0 Å². The number of rotatable bonds is 6. The first-order valence-electron chi connectivity index (χ1n) is 8.05. The molecule has 0 radical (unpaired) electrons. The van der Waals surface area contributed by atoms with E-state index < -0.39 is 0 Å². The molecular weight excluding hydrogens is 274 g/mol. The molecule has 3 heteroatoms. The van der Waals surface area contributed by atoms with Gasteiger partial charge in [0.1, 0.15) is 0 Å². The van der Waals surface area contributed by atoms with Crippen LogP contribution in [0.15, 0.2) is 48.5 Å². The molecule has 3 rings (SSSR count). The van der Waals surface area contributed by atoms with Gasteiger partial charge < -0.3 is 14.8 Å². The average Bonchev–Trinajstić information content (AvgIpc) is 2.81. The zero-order valence-electron chi connectivity index (χ0n) is 12.9. The molecular formula is C19H23NO2. The number of fused-ring (bicyclic) bond motifs is 1. The second-order valence-corrected chi connectivity index (χ2v) is 5.56. The largest absolute Gasteiger partial charge is 0.490 e. The van der Waals surface area contributed by atoms with Gasteiger partial charge in [0, 0.05) is 18.5 Å². The average molecular weight is 297 g/mol. The van der Waals surface area contributed by atoms with Crippen molar-refractivity contribution in [2.45, 2.75) is 25.8 Å². The Balaban J connectivity index is 1.48. The molecule has 2 aromatic carbocycles. The van der Waals surface area contributed by atoms with E-state index >= 15 is 0 Å². The van der Waals surface area contributed by atoms with Crippen LogP contribution in [0.2, 0.25) is 0 Å². The van der Waals surface area contributed by atoms with E-state index in [0.717, 1.165) is 57.1 Å². The summed E-state index contributed by atoms with van der Waals surface area (Å²) in [4.78, 5) is 0. The zero-order valence-corrected chi connectivity index (χ0v) is 12.9. The van der Waals surface area contributed by atoms with Gasteiger partial charge in [-0.1, -0.05) is 42.5 Å². The predicted octanol–water partition coefficient (Wildman–Crippen LogP) is 3.57. The molecule has 0 spiro atoms. The molecule has 3 nitrogen and oxygen atoms in total. The lowest BCUT2D eigenvalue weighted by atomic mass is 10.1. The number of benzene rings is 2. The lowest BCUT2D eigenvalue weighted by Gasteiger charge is -2.13. The molecule has 0 saturated heterocycles. The summed E-state index contributed by atoms with van der Waals surface area (Å²) >= 11 is 0. The van der Waals surface area contributed by atoms with Crippen LogP contribution in [0.1, 0.15) is 24.0 Å². The smallest absolute Gasteiger partial charge is 0.165 e. The molecule has 0 aromatic heterocycles. The van der Waals surface area contributed by atoms with Crippen molar-refractivity contribution in [1.82, 2.24) is 5.32 Å². The lowest BCUT2D eigenvalue weighted by molar-refractivity contribution is 0.296. The third-order valence-corrected chi connectivity index (χ3v) is 3.83. The molecule has 1 aliphatic rings. The summed E-state index contributed by atoms with van der Waals surface area (Å²) in [6.45, 7) is 3.29. The van der Waals surface area contributed by atoms with E-state index in [1.165, 1.54) is 11.1 Å². The maximum atomic E-state index is 5.84. The Morgan fingerprint density at radius 1 is 0.909 bits per heavy atom. The van der Waals surface area contributed by atoms with Crippen LogP contribution in [0.5, 0.6) is 11.5 Å². The molecule has 116 valence electrons. The Kier molecular flexibility index (Phi) is 5.32. The standard InChI is InChI=1S/C19H23NO2/c1-2-7-16(8-3-1)9-5-12-20-15-17-10-4-11-18-19(17)22-14-6-13-21-18/h1-4,7-8,10-11,20H,5-6,9,12-15H2. The molecule has 0 unspecified atom stereocenters. The second kappa shape index (κ2) is 7.85. The SMILES string of the molecule is c1ccc(CCCNCc2cccc3c2OCCCO3)cc1. The fraction of sp³-hybridized carbons (Fsp3) is 0.368. The van der Waals surface area contributed by atoms with Crippen molar-refractivity contribution in [2.24, 2.45) is 0 Å². The van der Waals surface area contributed by atoms with Gasteiger partial charge in [0.05, 0.1) is 13.2 Å². The Hall–Kier alpha value is -2.00. The van der Waals surface area contributed by atoms with E-state index in [1.54, 1.807) is 0 Å². The number of nitrogens with one attached hydrogen (secondary N) is 1. The topological polar surface area (TPSA) is 30.5 Å². The highest BCUT2D eigenvalue weighted by Crippen LogP contribution is 2.33. The Morgan fingerprint density at radius 3 is 2.68 bits per heavy atom. The highest BCUT2D eigenvalue weighted by molar-refractivity contribution is 5.47. The fourth-order valence-corrected chi connectivity index (χ4v) is 2.68. The van der Waals surface area contributed by atoms with E-state index in [9.17, 15) is 0 Å². The molecule has 1 N–H and O–H groups in total. The normalized spacial score (nSPS) is 13.6. The van der Waals surface area contributed by atoms with Crippen molar-refractivity contribution in [3.05, 3.63) is 59.7 Å². The maximum absolute atomic E-state index is 5.84. The fourth-order valence-electron chi connectivity index (χ4n) is 2.68. The van der Waals surface area contributed by atoms with Crippen molar-refractivity contribution in [1.29, 1.82) is 0 Å². The van der Waals surface area contributed by atoms with Crippen molar-refractivity contribution in [2.75, 3.05) is 19.8 Å². The van der Waals surface area contributed by atoms with Gasteiger partial charge in [0.15, 0.2) is 11.5 Å². The van der Waals surface area contributed by atoms with Crippen molar-refractivity contribution >= 4 is 0 Å². The van der Waals surface area contributed by atoms with Crippen LogP contribution in [0, 0.1) is 0 Å². The quantitative estimate of drug-likeness (QED) is 0.827. The Bertz CT molecular complexity index is 583. The van der Waals surface area contributed by atoms with Gasteiger partial charge in [0.25, 0.3) is 0 Å². The third kappa shape index (κ3) is 4.01. The molecule has 0 fully saturated rings. The lowest BCUT2D eigenvalue weighted by Crippen LogP contribution is -2.16. The van der Waals surface area contributed by atoms with Crippen molar-refractivity contribution in [3.63, 3.8) is 0 Å². The second-order valence-electron chi connectivity index (χ2n) is 5.56.